The Morgan fingerprint density at radius 2 is 2.24 bits per heavy atom. The molecular formula is C12H17BrN2O4S2. The van der Waals surface area contributed by atoms with Crippen molar-refractivity contribution in [2.45, 2.75) is 36.7 Å². The van der Waals surface area contributed by atoms with E-state index in [1.54, 1.807) is 0 Å². The van der Waals surface area contributed by atoms with Crippen molar-refractivity contribution in [1.29, 1.82) is 0 Å². The molecule has 1 heterocycles. The summed E-state index contributed by atoms with van der Waals surface area (Å²) >= 11 is 4.01. The van der Waals surface area contributed by atoms with Gasteiger partial charge >= 0.3 is 5.97 Å². The van der Waals surface area contributed by atoms with Gasteiger partial charge in [-0.25, -0.2) is 17.9 Å². The number of carbonyl (C=O) groups is 1. The lowest BCUT2D eigenvalue weighted by Crippen LogP contribution is -2.41. The summed E-state index contributed by atoms with van der Waals surface area (Å²) in [7, 11) is -1.73. The minimum absolute atomic E-state index is 0.00889. The highest BCUT2D eigenvalue weighted by Crippen LogP contribution is 2.32. The van der Waals surface area contributed by atoms with E-state index in [0.717, 1.165) is 24.2 Å². The van der Waals surface area contributed by atoms with Gasteiger partial charge in [-0.2, -0.15) is 0 Å². The molecule has 0 bridgehead atoms. The molecule has 1 aromatic heterocycles. The maximum absolute atomic E-state index is 12.3. The number of nitrogens with one attached hydrogen (secondary N) is 1. The first kappa shape index (κ1) is 16.9. The Bertz CT molecular complexity index is 640. The zero-order valence-electron chi connectivity index (χ0n) is 11.7. The van der Waals surface area contributed by atoms with Gasteiger partial charge in [-0.1, -0.05) is 0 Å². The fourth-order valence-electron chi connectivity index (χ4n) is 1.93. The molecular weight excluding hydrogens is 380 g/mol. The maximum atomic E-state index is 12.3. The number of hydrogen-bond donors (Lipinski definition) is 2. The summed E-state index contributed by atoms with van der Waals surface area (Å²) in [5.41, 5.74) is 0. The molecule has 1 unspecified atom stereocenters. The number of aromatic carboxylic acids is 1. The van der Waals surface area contributed by atoms with Gasteiger partial charge in [0.15, 0.2) is 0 Å². The molecule has 1 aliphatic carbocycles. The van der Waals surface area contributed by atoms with Crippen LogP contribution in [-0.2, 0) is 10.0 Å². The number of carboxylic acids is 1. The Kier molecular flexibility index (Phi) is 5.09. The van der Waals surface area contributed by atoms with Crippen LogP contribution >= 0.6 is 27.3 Å². The average Bonchev–Trinajstić information content (AvgIpc) is 3.17. The first-order chi connectivity index (χ1) is 9.72. The summed E-state index contributed by atoms with van der Waals surface area (Å²) in [6, 6.07) is 1.81. The highest BCUT2D eigenvalue weighted by Gasteiger charge is 2.30. The molecule has 1 saturated carbocycles. The van der Waals surface area contributed by atoms with Gasteiger partial charge in [-0.3, -0.25) is 4.90 Å². The van der Waals surface area contributed by atoms with Crippen LogP contribution in [0.4, 0.5) is 0 Å². The quantitative estimate of drug-likeness (QED) is 0.735. The number of sulfonamides is 1. The number of likely N-dealkylation sites (N-methyl/N-ethyl adjacent to an activating group) is 1. The number of carboxylic acid groups (broad SMARTS) is 1. The van der Waals surface area contributed by atoms with Crippen LogP contribution in [0.5, 0.6) is 0 Å². The van der Waals surface area contributed by atoms with E-state index < -0.39 is 16.0 Å². The van der Waals surface area contributed by atoms with Crippen molar-refractivity contribution in [2.24, 2.45) is 0 Å². The molecule has 0 amide bonds. The van der Waals surface area contributed by atoms with E-state index >= 15 is 0 Å². The van der Waals surface area contributed by atoms with E-state index in [9.17, 15) is 13.2 Å². The summed E-state index contributed by atoms with van der Waals surface area (Å²) in [6.07, 6.45) is 2.32. The first-order valence-electron chi connectivity index (χ1n) is 6.46. The van der Waals surface area contributed by atoms with Gasteiger partial charge in [0.1, 0.15) is 9.77 Å². The molecule has 1 aromatic rings. The van der Waals surface area contributed by atoms with Gasteiger partial charge in [0.2, 0.25) is 10.0 Å². The van der Waals surface area contributed by atoms with E-state index in [4.69, 9.17) is 5.11 Å². The standard InChI is InChI=1S/C12H17BrN2O4S2/c1-7(15(2)8-3-4-8)6-14-21(18,19)10-5-9(12(16)17)20-11(10)13/h5,7-8,14H,3-4,6H2,1-2H3,(H,16,17). The summed E-state index contributed by atoms with van der Waals surface area (Å²) in [6.45, 7) is 2.26. The highest BCUT2D eigenvalue weighted by atomic mass is 79.9. The van der Waals surface area contributed by atoms with Crippen molar-refractivity contribution < 1.29 is 18.3 Å². The summed E-state index contributed by atoms with van der Waals surface area (Å²) in [5, 5.41) is 8.91. The predicted molar refractivity (Wildman–Crippen MR) is 84.4 cm³/mol. The van der Waals surface area contributed by atoms with E-state index in [1.807, 2.05) is 14.0 Å². The minimum Gasteiger partial charge on any atom is -0.477 e. The molecule has 118 valence electrons. The molecule has 1 atom stereocenters. The lowest BCUT2D eigenvalue weighted by atomic mass is 10.3. The van der Waals surface area contributed by atoms with Crippen LogP contribution in [0.15, 0.2) is 14.7 Å². The second kappa shape index (κ2) is 6.33. The lowest BCUT2D eigenvalue weighted by molar-refractivity contribution is 0.0702. The van der Waals surface area contributed by atoms with Crippen molar-refractivity contribution >= 4 is 43.3 Å². The first-order valence-corrected chi connectivity index (χ1v) is 9.56. The van der Waals surface area contributed by atoms with Crippen LogP contribution in [0.25, 0.3) is 0 Å². The molecule has 0 spiro atoms. The van der Waals surface area contributed by atoms with Gasteiger partial charge in [0, 0.05) is 18.6 Å². The van der Waals surface area contributed by atoms with Crippen LogP contribution in [-0.4, -0.2) is 50.1 Å². The Balaban J connectivity index is 2.05. The van der Waals surface area contributed by atoms with E-state index in [-0.39, 0.29) is 15.8 Å². The Hall–Kier alpha value is -0.480. The van der Waals surface area contributed by atoms with Gasteiger partial charge in [-0.15, -0.1) is 11.3 Å². The Morgan fingerprint density at radius 3 is 2.71 bits per heavy atom. The predicted octanol–water partition coefficient (Wildman–Crippen LogP) is 1.97. The molecule has 2 N–H and O–H groups in total. The molecule has 0 saturated heterocycles. The molecule has 0 radical (unpaired) electrons. The third-order valence-electron chi connectivity index (χ3n) is 3.54. The van der Waals surface area contributed by atoms with Crippen molar-refractivity contribution in [1.82, 2.24) is 9.62 Å². The maximum Gasteiger partial charge on any atom is 0.345 e. The number of hydrogen-bond acceptors (Lipinski definition) is 5. The van der Waals surface area contributed by atoms with Crippen LogP contribution in [0.3, 0.4) is 0 Å². The number of halogens is 1. The highest BCUT2D eigenvalue weighted by molar-refractivity contribution is 9.11. The topological polar surface area (TPSA) is 86.7 Å². The molecule has 1 fully saturated rings. The minimum atomic E-state index is -3.71. The second-order valence-electron chi connectivity index (χ2n) is 5.15. The summed E-state index contributed by atoms with van der Waals surface area (Å²) in [5.74, 6) is -1.14. The molecule has 0 aliphatic heterocycles. The Labute approximate surface area is 136 Å². The molecule has 1 aliphatic rings. The molecule has 2 rings (SSSR count). The molecule has 21 heavy (non-hydrogen) atoms. The molecule has 6 nitrogen and oxygen atoms in total. The third-order valence-corrected chi connectivity index (χ3v) is 7.21. The molecule has 0 aromatic carbocycles. The average molecular weight is 397 g/mol. The molecule has 9 heteroatoms. The number of thiophene rings is 1. The van der Waals surface area contributed by atoms with Gasteiger partial charge < -0.3 is 5.11 Å². The van der Waals surface area contributed by atoms with Crippen molar-refractivity contribution in [3.8, 4) is 0 Å². The van der Waals surface area contributed by atoms with E-state index in [1.165, 1.54) is 6.07 Å². The van der Waals surface area contributed by atoms with Crippen LogP contribution < -0.4 is 4.72 Å². The number of nitrogens with zero attached hydrogens (tertiary/aromatic N) is 1. The fourth-order valence-corrected chi connectivity index (χ4v) is 5.46. The van der Waals surface area contributed by atoms with Crippen molar-refractivity contribution in [3.63, 3.8) is 0 Å². The second-order valence-corrected chi connectivity index (χ2v) is 9.26. The van der Waals surface area contributed by atoms with Crippen LogP contribution in [0.2, 0.25) is 0 Å². The smallest absolute Gasteiger partial charge is 0.345 e. The SMILES string of the molecule is CC(CNS(=O)(=O)c1cc(C(=O)O)sc1Br)N(C)C1CC1. The van der Waals surface area contributed by atoms with Crippen LogP contribution in [0, 0.1) is 0 Å². The largest absolute Gasteiger partial charge is 0.477 e. The fraction of sp³-hybridized carbons (Fsp3) is 0.583. The van der Waals surface area contributed by atoms with Gasteiger partial charge in [0.25, 0.3) is 0 Å². The zero-order chi connectivity index (χ0) is 15.8. The van der Waals surface area contributed by atoms with Gasteiger partial charge in [0.05, 0.1) is 3.79 Å². The normalized spacial score (nSPS) is 17.1. The Morgan fingerprint density at radius 1 is 1.62 bits per heavy atom. The third kappa shape index (κ3) is 4.04. The van der Waals surface area contributed by atoms with Crippen molar-refractivity contribution in [3.05, 3.63) is 14.7 Å². The van der Waals surface area contributed by atoms with E-state index in [2.05, 4.69) is 25.6 Å². The zero-order valence-corrected chi connectivity index (χ0v) is 14.9. The summed E-state index contributed by atoms with van der Waals surface area (Å²) < 4.78 is 27.4. The summed E-state index contributed by atoms with van der Waals surface area (Å²) in [4.78, 5) is 13.0. The van der Waals surface area contributed by atoms with E-state index in [0.29, 0.717) is 16.4 Å². The monoisotopic (exact) mass is 396 g/mol. The van der Waals surface area contributed by atoms with Gasteiger partial charge in [-0.05, 0) is 48.8 Å². The lowest BCUT2D eigenvalue weighted by Gasteiger charge is -2.24. The van der Waals surface area contributed by atoms with Crippen molar-refractivity contribution in [2.75, 3.05) is 13.6 Å². The van der Waals surface area contributed by atoms with Crippen LogP contribution in [0.1, 0.15) is 29.4 Å². The number of rotatable bonds is 7.